The number of aryl methyl sites for hydroxylation is 1. The highest BCUT2D eigenvalue weighted by Gasteiger charge is 2.35. The Morgan fingerprint density at radius 1 is 1.58 bits per heavy atom. The van der Waals surface area contributed by atoms with E-state index in [0.29, 0.717) is 12.0 Å². The fourth-order valence-corrected chi connectivity index (χ4v) is 3.67. The first-order valence-electron chi connectivity index (χ1n) is 7.34. The second kappa shape index (κ2) is 5.90. The summed E-state index contributed by atoms with van der Waals surface area (Å²) >= 11 is 1.83. The molecule has 4 heteroatoms. The number of rotatable bonds is 4. The van der Waals surface area contributed by atoms with Gasteiger partial charge in [-0.3, -0.25) is 4.90 Å². The average molecular weight is 281 g/mol. The van der Waals surface area contributed by atoms with Gasteiger partial charge in [0.2, 0.25) is 0 Å². The van der Waals surface area contributed by atoms with Gasteiger partial charge < -0.3 is 5.32 Å². The third-order valence-corrected chi connectivity index (χ3v) is 5.23. The summed E-state index contributed by atoms with van der Waals surface area (Å²) < 4.78 is 0. The molecule has 1 fully saturated rings. The van der Waals surface area contributed by atoms with Gasteiger partial charge in [-0.1, -0.05) is 20.8 Å². The van der Waals surface area contributed by atoms with Crippen molar-refractivity contribution in [1.29, 1.82) is 0 Å². The summed E-state index contributed by atoms with van der Waals surface area (Å²) in [4.78, 5) is 8.43. The molecule has 0 bridgehead atoms. The molecule has 1 aromatic heterocycles. The van der Waals surface area contributed by atoms with Gasteiger partial charge in [-0.15, -0.1) is 11.3 Å². The van der Waals surface area contributed by atoms with Crippen LogP contribution in [0.4, 0.5) is 0 Å². The highest BCUT2D eigenvalue weighted by molar-refractivity contribution is 7.11. The molecule has 2 heterocycles. The Hall–Kier alpha value is -0.450. The van der Waals surface area contributed by atoms with Crippen LogP contribution < -0.4 is 5.32 Å². The zero-order valence-electron chi connectivity index (χ0n) is 12.9. The van der Waals surface area contributed by atoms with Gasteiger partial charge in [0.1, 0.15) is 0 Å². The summed E-state index contributed by atoms with van der Waals surface area (Å²) in [5, 5.41) is 4.91. The lowest BCUT2D eigenvalue weighted by atomic mass is 9.90. The quantitative estimate of drug-likeness (QED) is 0.919. The third kappa shape index (κ3) is 3.56. The largest absolute Gasteiger partial charge is 0.309 e. The van der Waals surface area contributed by atoms with Crippen molar-refractivity contribution in [2.45, 2.75) is 59.2 Å². The molecule has 0 aromatic carbocycles. The van der Waals surface area contributed by atoms with Gasteiger partial charge in [-0.05, 0) is 26.2 Å². The number of nitrogens with zero attached hydrogens (tertiary/aromatic N) is 2. The van der Waals surface area contributed by atoms with Crippen LogP contribution in [0.3, 0.4) is 0 Å². The van der Waals surface area contributed by atoms with E-state index in [4.69, 9.17) is 0 Å². The van der Waals surface area contributed by atoms with Crippen LogP contribution in [0.15, 0.2) is 6.20 Å². The lowest BCUT2D eigenvalue weighted by Crippen LogP contribution is -2.63. The molecular weight excluding hydrogens is 254 g/mol. The molecule has 1 aliphatic heterocycles. The van der Waals surface area contributed by atoms with Gasteiger partial charge in [-0.25, -0.2) is 4.98 Å². The van der Waals surface area contributed by atoms with Crippen molar-refractivity contribution >= 4 is 11.3 Å². The smallest absolute Gasteiger partial charge is 0.0897 e. The molecule has 0 spiro atoms. The standard InChI is InChI=1S/C15H27N3S/c1-6-15(5)10-18(14(8-17-15)11(2)3)9-13-7-16-12(4)19-13/h7,11,14,17H,6,8-10H2,1-5H3. The SMILES string of the molecule is CCC1(C)CN(Cc2cnc(C)s2)C(C(C)C)CN1. The molecule has 0 radical (unpaired) electrons. The van der Waals surface area contributed by atoms with Crippen molar-refractivity contribution in [2.75, 3.05) is 13.1 Å². The van der Waals surface area contributed by atoms with E-state index in [0.717, 1.165) is 19.6 Å². The van der Waals surface area contributed by atoms with Crippen molar-refractivity contribution in [3.05, 3.63) is 16.1 Å². The number of thiazole rings is 1. The lowest BCUT2D eigenvalue weighted by Gasteiger charge is -2.47. The Bertz CT molecular complexity index is 415. The number of hydrogen-bond donors (Lipinski definition) is 1. The molecule has 0 saturated carbocycles. The van der Waals surface area contributed by atoms with Gasteiger partial charge in [-0.2, -0.15) is 0 Å². The molecule has 0 amide bonds. The molecule has 1 aliphatic rings. The molecule has 3 nitrogen and oxygen atoms in total. The Labute approximate surface area is 121 Å². The molecule has 2 unspecified atom stereocenters. The molecule has 1 N–H and O–H groups in total. The molecule has 1 aromatic rings. The molecule has 1 saturated heterocycles. The first-order chi connectivity index (χ1) is 8.93. The highest BCUT2D eigenvalue weighted by Crippen LogP contribution is 2.25. The number of nitrogens with one attached hydrogen (secondary N) is 1. The van der Waals surface area contributed by atoms with Crippen LogP contribution in [-0.2, 0) is 6.54 Å². The summed E-state index contributed by atoms with van der Waals surface area (Å²) in [6.07, 6.45) is 3.22. The Kier molecular flexibility index (Phi) is 4.64. The lowest BCUT2D eigenvalue weighted by molar-refractivity contribution is 0.0547. The van der Waals surface area contributed by atoms with Gasteiger partial charge >= 0.3 is 0 Å². The van der Waals surface area contributed by atoms with Crippen LogP contribution in [0.1, 0.15) is 44.0 Å². The highest BCUT2D eigenvalue weighted by atomic mass is 32.1. The van der Waals surface area contributed by atoms with E-state index in [1.165, 1.54) is 16.3 Å². The molecule has 108 valence electrons. The van der Waals surface area contributed by atoms with E-state index in [9.17, 15) is 0 Å². The third-order valence-electron chi connectivity index (χ3n) is 4.34. The maximum Gasteiger partial charge on any atom is 0.0897 e. The summed E-state index contributed by atoms with van der Waals surface area (Å²) in [6, 6.07) is 0.627. The van der Waals surface area contributed by atoms with Crippen LogP contribution in [0.25, 0.3) is 0 Å². The minimum absolute atomic E-state index is 0.255. The van der Waals surface area contributed by atoms with E-state index in [1.54, 1.807) is 0 Å². The van der Waals surface area contributed by atoms with E-state index in [-0.39, 0.29) is 5.54 Å². The summed E-state index contributed by atoms with van der Waals surface area (Å²) in [5.74, 6) is 0.683. The normalized spacial score (nSPS) is 29.1. The predicted molar refractivity (Wildman–Crippen MR) is 82.6 cm³/mol. The Morgan fingerprint density at radius 2 is 2.32 bits per heavy atom. The van der Waals surface area contributed by atoms with E-state index in [1.807, 2.05) is 17.5 Å². The molecule has 0 aliphatic carbocycles. The fourth-order valence-electron chi connectivity index (χ4n) is 2.85. The zero-order valence-corrected chi connectivity index (χ0v) is 13.7. The number of aromatic nitrogens is 1. The van der Waals surface area contributed by atoms with E-state index >= 15 is 0 Å². The van der Waals surface area contributed by atoms with Crippen molar-refractivity contribution in [2.24, 2.45) is 5.92 Å². The van der Waals surface area contributed by atoms with E-state index < -0.39 is 0 Å². The van der Waals surface area contributed by atoms with Gasteiger partial charge in [0.05, 0.1) is 5.01 Å². The Morgan fingerprint density at radius 3 is 2.84 bits per heavy atom. The van der Waals surface area contributed by atoms with Crippen molar-refractivity contribution < 1.29 is 0 Å². The first kappa shape index (κ1) is 14.9. The maximum absolute atomic E-state index is 4.38. The van der Waals surface area contributed by atoms with Crippen LogP contribution in [-0.4, -0.2) is 34.6 Å². The molecule has 2 atom stereocenters. The van der Waals surface area contributed by atoms with Gasteiger partial charge in [0.15, 0.2) is 0 Å². The van der Waals surface area contributed by atoms with E-state index in [2.05, 4.69) is 49.8 Å². The second-order valence-corrected chi connectivity index (χ2v) is 7.68. The topological polar surface area (TPSA) is 28.2 Å². The molecule has 2 rings (SSSR count). The van der Waals surface area contributed by atoms with Crippen molar-refractivity contribution in [3.8, 4) is 0 Å². The summed E-state index contributed by atoms with van der Waals surface area (Å²) in [6.45, 7) is 14.6. The van der Waals surface area contributed by atoms with Gasteiger partial charge in [0.25, 0.3) is 0 Å². The number of hydrogen-bond acceptors (Lipinski definition) is 4. The van der Waals surface area contributed by atoms with Gasteiger partial charge in [0, 0.05) is 42.3 Å². The van der Waals surface area contributed by atoms with Crippen molar-refractivity contribution in [1.82, 2.24) is 15.2 Å². The van der Waals surface area contributed by atoms with Crippen LogP contribution in [0.5, 0.6) is 0 Å². The molecular formula is C15H27N3S. The van der Waals surface area contributed by atoms with Crippen LogP contribution in [0, 0.1) is 12.8 Å². The monoisotopic (exact) mass is 281 g/mol. The average Bonchev–Trinajstić information content (AvgIpc) is 2.74. The van der Waals surface area contributed by atoms with Crippen LogP contribution in [0.2, 0.25) is 0 Å². The van der Waals surface area contributed by atoms with Crippen molar-refractivity contribution in [3.63, 3.8) is 0 Å². The zero-order chi connectivity index (χ0) is 14.0. The Balaban J connectivity index is 2.11. The number of piperazine rings is 1. The van der Waals surface area contributed by atoms with Crippen LogP contribution >= 0.6 is 11.3 Å². The second-order valence-electron chi connectivity index (χ2n) is 6.36. The summed E-state index contributed by atoms with van der Waals surface area (Å²) in [7, 11) is 0. The predicted octanol–water partition coefficient (Wildman–Crippen LogP) is 3.05. The minimum Gasteiger partial charge on any atom is -0.309 e. The maximum atomic E-state index is 4.38. The molecule has 19 heavy (non-hydrogen) atoms. The summed E-state index contributed by atoms with van der Waals surface area (Å²) in [5.41, 5.74) is 0.255. The first-order valence-corrected chi connectivity index (χ1v) is 8.15. The fraction of sp³-hybridized carbons (Fsp3) is 0.800. The minimum atomic E-state index is 0.255.